The highest BCUT2D eigenvalue weighted by Crippen LogP contribution is 2.15. The topological polar surface area (TPSA) is 38.8 Å². The molecule has 0 bridgehead atoms. The first-order valence-corrected chi connectivity index (χ1v) is 9.94. The Bertz CT molecular complexity index is 535. The molecule has 26 heavy (non-hydrogen) atoms. The van der Waals surface area contributed by atoms with Gasteiger partial charge in [-0.1, -0.05) is 38.1 Å². The van der Waals surface area contributed by atoms with Crippen LogP contribution in [0.2, 0.25) is 0 Å². The van der Waals surface area contributed by atoms with Crippen LogP contribution in [0.5, 0.6) is 0 Å². The smallest absolute Gasteiger partial charge is 0.317 e. The molecule has 0 atom stereocenters. The lowest BCUT2D eigenvalue weighted by Gasteiger charge is -2.32. The van der Waals surface area contributed by atoms with Crippen molar-refractivity contribution in [2.45, 2.75) is 39.2 Å². The molecule has 1 aromatic rings. The SMILES string of the molecule is CC(C)c1ccc(CN(C)C(=O)NCCCCN2CCN(C)CC2)cc1. The summed E-state index contributed by atoms with van der Waals surface area (Å²) in [5, 5.41) is 3.04. The number of nitrogens with one attached hydrogen (secondary N) is 1. The number of carbonyl (C=O) groups excluding carboxylic acids is 1. The van der Waals surface area contributed by atoms with Crippen molar-refractivity contribution in [3.63, 3.8) is 0 Å². The number of amides is 2. The maximum Gasteiger partial charge on any atom is 0.317 e. The van der Waals surface area contributed by atoms with Crippen LogP contribution >= 0.6 is 0 Å². The molecule has 0 aromatic heterocycles. The van der Waals surface area contributed by atoms with Crippen molar-refractivity contribution in [1.82, 2.24) is 20.0 Å². The van der Waals surface area contributed by atoms with E-state index in [4.69, 9.17) is 0 Å². The van der Waals surface area contributed by atoms with Gasteiger partial charge in [0.1, 0.15) is 0 Å². The summed E-state index contributed by atoms with van der Waals surface area (Å²) in [4.78, 5) is 18.9. The standard InChI is InChI=1S/C21H36N4O/c1-18(2)20-9-7-19(8-10-20)17-24(4)21(26)22-11-5-6-12-25-15-13-23(3)14-16-25/h7-10,18H,5-6,11-17H2,1-4H3,(H,22,26). The molecule has 1 fully saturated rings. The predicted molar refractivity (Wildman–Crippen MR) is 109 cm³/mol. The van der Waals surface area contributed by atoms with Crippen LogP contribution in [0, 0.1) is 0 Å². The summed E-state index contributed by atoms with van der Waals surface area (Å²) in [6.45, 7) is 11.6. The maximum absolute atomic E-state index is 12.2. The monoisotopic (exact) mass is 360 g/mol. The minimum atomic E-state index is 0.0116. The Hall–Kier alpha value is -1.59. The van der Waals surface area contributed by atoms with Gasteiger partial charge in [-0.15, -0.1) is 0 Å². The lowest BCUT2D eigenvalue weighted by molar-refractivity contribution is 0.152. The number of hydrogen-bond donors (Lipinski definition) is 1. The number of likely N-dealkylation sites (N-methyl/N-ethyl adjacent to an activating group) is 1. The van der Waals surface area contributed by atoms with E-state index in [-0.39, 0.29) is 6.03 Å². The van der Waals surface area contributed by atoms with Gasteiger partial charge in [-0.05, 0) is 43.5 Å². The second-order valence-electron chi connectivity index (χ2n) is 7.84. The first-order valence-electron chi connectivity index (χ1n) is 9.94. The summed E-state index contributed by atoms with van der Waals surface area (Å²) in [6, 6.07) is 8.57. The number of piperazine rings is 1. The zero-order valence-electron chi connectivity index (χ0n) is 17.0. The van der Waals surface area contributed by atoms with E-state index in [1.807, 2.05) is 7.05 Å². The summed E-state index contributed by atoms with van der Waals surface area (Å²) < 4.78 is 0. The fraction of sp³-hybridized carbons (Fsp3) is 0.667. The van der Waals surface area contributed by atoms with Gasteiger partial charge in [0.05, 0.1) is 0 Å². The Kier molecular flexibility index (Phi) is 8.39. The van der Waals surface area contributed by atoms with E-state index in [9.17, 15) is 4.79 Å². The predicted octanol–water partition coefficient (Wildman–Crippen LogP) is 2.98. The Morgan fingerprint density at radius 2 is 1.77 bits per heavy atom. The fourth-order valence-electron chi connectivity index (χ4n) is 3.22. The third kappa shape index (κ3) is 6.96. The first kappa shape index (κ1) is 20.7. The second kappa shape index (κ2) is 10.5. The average Bonchev–Trinajstić information content (AvgIpc) is 2.63. The molecule has 0 aliphatic carbocycles. The van der Waals surface area contributed by atoms with Gasteiger partial charge in [0, 0.05) is 46.3 Å². The van der Waals surface area contributed by atoms with Crippen LogP contribution < -0.4 is 5.32 Å². The van der Waals surface area contributed by atoms with E-state index >= 15 is 0 Å². The fourth-order valence-corrected chi connectivity index (χ4v) is 3.22. The molecule has 0 saturated carbocycles. The van der Waals surface area contributed by atoms with Crippen molar-refractivity contribution in [1.29, 1.82) is 0 Å². The molecule has 1 aliphatic rings. The Morgan fingerprint density at radius 1 is 1.12 bits per heavy atom. The molecule has 1 N–H and O–H groups in total. The lowest BCUT2D eigenvalue weighted by atomic mass is 10.0. The van der Waals surface area contributed by atoms with Crippen molar-refractivity contribution < 1.29 is 4.79 Å². The van der Waals surface area contributed by atoms with Crippen molar-refractivity contribution in [2.24, 2.45) is 0 Å². The molecular formula is C21H36N4O. The number of nitrogens with zero attached hydrogens (tertiary/aromatic N) is 3. The van der Waals surface area contributed by atoms with E-state index in [0.717, 1.165) is 25.9 Å². The molecule has 1 saturated heterocycles. The highest BCUT2D eigenvalue weighted by atomic mass is 16.2. The molecule has 1 aromatic carbocycles. The Labute approximate surface area is 159 Å². The summed E-state index contributed by atoms with van der Waals surface area (Å²) in [7, 11) is 4.04. The van der Waals surface area contributed by atoms with E-state index in [2.05, 4.69) is 60.3 Å². The second-order valence-corrected chi connectivity index (χ2v) is 7.84. The van der Waals surface area contributed by atoms with Gasteiger partial charge in [-0.2, -0.15) is 0 Å². The molecule has 0 radical (unpaired) electrons. The third-order valence-corrected chi connectivity index (χ3v) is 5.19. The van der Waals surface area contributed by atoms with Crippen LogP contribution in [0.1, 0.15) is 43.7 Å². The molecule has 2 rings (SSSR count). The minimum Gasteiger partial charge on any atom is -0.338 e. The lowest BCUT2D eigenvalue weighted by Crippen LogP contribution is -2.44. The maximum atomic E-state index is 12.2. The molecular weight excluding hydrogens is 324 g/mol. The number of rotatable bonds is 8. The van der Waals surface area contributed by atoms with Gasteiger partial charge >= 0.3 is 6.03 Å². The normalized spacial score (nSPS) is 16.0. The van der Waals surface area contributed by atoms with Crippen LogP contribution in [-0.2, 0) is 6.54 Å². The van der Waals surface area contributed by atoms with Gasteiger partial charge < -0.3 is 20.0 Å². The van der Waals surface area contributed by atoms with E-state index in [1.54, 1.807) is 4.90 Å². The van der Waals surface area contributed by atoms with Gasteiger partial charge in [-0.25, -0.2) is 4.79 Å². The summed E-state index contributed by atoms with van der Waals surface area (Å²) in [5.74, 6) is 0.538. The minimum absolute atomic E-state index is 0.0116. The van der Waals surface area contributed by atoms with Crippen molar-refractivity contribution in [2.75, 3.05) is 53.4 Å². The number of hydrogen-bond acceptors (Lipinski definition) is 3. The number of unbranched alkanes of at least 4 members (excludes halogenated alkanes) is 1. The molecule has 1 heterocycles. The largest absolute Gasteiger partial charge is 0.338 e. The van der Waals surface area contributed by atoms with Gasteiger partial charge in [0.15, 0.2) is 0 Å². The summed E-state index contributed by atoms with van der Waals surface area (Å²) in [6.07, 6.45) is 2.18. The van der Waals surface area contributed by atoms with Crippen LogP contribution in [0.4, 0.5) is 4.79 Å². The first-order chi connectivity index (χ1) is 12.5. The number of benzene rings is 1. The molecule has 0 spiro atoms. The third-order valence-electron chi connectivity index (χ3n) is 5.19. The zero-order chi connectivity index (χ0) is 18.9. The molecule has 1 aliphatic heterocycles. The zero-order valence-corrected chi connectivity index (χ0v) is 17.0. The van der Waals surface area contributed by atoms with Crippen LogP contribution in [0.3, 0.4) is 0 Å². The number of urea groups is 1. The number of carbonyl (C=O) groups is 1. The summed E-state index contributed by atoms with van der Waals surface area (Å²) in [5.41, 5.74) is 2.50. The van der Waals surface area contributed by atoms with E-state index in [1.165, 1.54) is 37.3 Å². The molecule has 2 amide bonds. The highest BCUT2D eigenvalue weighted by molar-refractivity contribution is 5.73. The quantitative estimate of drug-likeness (QED) is 0.725. The van der Waals surface area contributed by atoms with E-state index < -0.39 is 0 Å². The van der Waals surface area contributed by atoms with E-state index in [0.29, 0.717) is 12.5 Å². The van der Waals surface area contributed by atoms with Crippen molar-refractivity contribution >= 4 is 6.03 Å². The van der Waals surface area contributed by atoms with Crippen molar-refractivity contribution in [3.05, 3.63) is 35.4 Å². The molecule has 146 valence electrons. The van der Waals surface area contributed by atoms with Gasteiger partial charge in [0.2, 0.25) is 0 Å². The average molecular weight is 361 g/mol. The van der Waals surface area contributed by atoms with Crippen LogP contribution in [0.15, 0.2) is 24.3 Å². The van der Waals surface area contributed by atoms with Gasteiger partial charge in [-0.3, -0.25) is 0 Å². The van der Waals surface area contributed by atoms with Crippen LogP contribution in [0.25, 0.3) is 0 Å². The Balaban J connectivity index is 1.59. The van der Waals surface area contributed by atoms with Gasteiger partial charge in [0.25, 0.3) is 0 Å². The van der Waals surface area contributed by atoms with Crippen molar-refractivity contribution in [3.8, 4) is 0 Å². The molecule has 5 nitrogen and oxygen atoms in total. The molecule has 0 unspecified atom stereocenters. The molecule has 5 heteroatoms. The Morgan fingerprint density at radius 3 is 2.38 bits per heavy atom. The summed E-state index contributed by atoms with van der Waals surface area (Å²) >= 11 is 0. The van der Waals surface area contributed by atoms with Crippen LogP contribution in [-0.4, -0.2) is 74.1 Å². The highest BCUT2D eigenvalue weighted by Gasteiger charge is 2.13.